The monoisotopic (exact) mass is 268 g/mol. The van der Waals surface area contributed by atoms with Crippen molar-refractivity contribution in [3.63, 3.8) is 0 Å². The first-order valence-corrected chi connectivity index (χ1v) is 6.32. The second-order valence-corrected chi connectivity index (χ2v) is 6.19. The number of benzene rings is 1. The molecule has 0 amide bonds. The highest BCUT2D eigenvalue weighted by Gasteiger charge is 2.49. The molecule has 1 atom stereocenters. The Balaban J connectivity index is 2.37. The Morgan fingerprint density at radius 2 is 1.89 bits per heavy atom. The average Bonchev–Trinajstić information content (AvgIpc) is 2.50. The Morgan fingerprint density at radius 3 is 2.42 bits per heavy atom. The van der Waals surface area contributed by atoms with Crippen LogP contribution in [0.2, 0.25) is 0 Å². The summed E-state index contributed by atoms with van der Waals surface area (Å²) in [6.45, 7) is 7.40. The molecule has 0 aliphatic carbocycles. The number of rotatable bonds is 2. The third-order valence-electron chi connectivity index (χ3n) is 3.61. The van der Waals surface area contributed by atoms with Crippen LogP contribution in [0.5, 0.6) is 0 Å². The summed E-state index contributed by atoms with van der Waals surface area (Å²) in [7, 11) is 0. The fourth-order valence-electron chi connectivity index (χ4n) is 2.85. The highest BCUT2D eigenvalue weighted by atomic mass is 19.2. The number of carbonyl (C=O) groups is 1. The standard InChI is InChI=1S/C15H18F2O2/c1-14(2)8-10(15(3,4)19-14)13(18)9-6-5-7-11(16)12(9)17/h5-7,10H,8H2,1-4H3. The van der Waals surface area contributed by atoms with E-state index >= 15 is 0 Å². The second kappa shape index (κ2) is 4.37. The molecule has 1 unspecified atom stereocenters. The highest BCUT2D eigenvalue weighted by Crippen LogP contribution is 2.43. The summed E-state index contributed by atoms with van der Waals surface area (Å²) < 4.78 is 32.8. The summed E-state index contributed by atoms with van der Waals surface area (Å²) in [6.07, 6.45) is 0.495. The van der Waals surface area contributed by atoms with Gasteiger partial charge in [-0.1, -0.05) is 6.07 Å². The maximum absolute atomic E-state index is 13.7. The minimum Gasteiger partial charge on any atom is -0.369 e. The van der Waals surface area contributed by atoms with Crippen LogP contribution in [0.3, 0.4) is 0 Å². The Labute approximate surface area is 111 Å². The number of hydrogen-bond acceptors (Lipinski definition) is 2. The van der Waals surface area contributed by atoms with Crippen molar-refractivity contribution < 1.29 is 18.3 Å². The van der Waals surface area contributed by atoms with Gasteiger partial charge in [0, 0.05) is 0 Å². The lowest BCUT2D eigenvalue weighted by Crippen LogP contribution is -2.34. The number of hydrogen-bond donors (Lipinski definition) is 0. The maximum Gasteiger partial charge on any atom is 0.171 e. The van der Waals surface area contributed by atoms with Crippen molar-refractivity contribution in [1.29, 1.82) is 0 Å². The summed E-state index contributed by atoms with van der Waals surface area (Å²) in [6, 6.07) is 3.67. The first-order valence-electron chi connectivity index (χ1n) is 6.32. The van der Waals surface area contributed by atoms with E-state index in [1.54, 1.807) is 0 Å². The smallest absolute Gasteiger partial charge is 0.171 e. The zero-order chi connectivity index (χ0) is 14.4. The zero-order valence-corrected chi connectivity index (χ0v) is 11.6. The quantitative estimate of drug-likeness (QED) is 0.764. The van der Waals surface area contributed by atoms with Gasteiger partial charge in [0.2, 0.25) is 0 Å². The van der Waals surface area contributed by atoms with Crippen molar-refractivity contribution >= 4 is 5.78 Å². The van der Waals surface area contributed by atoms with Gasteiger partial charge in [-0.15, -0.1) is 0 Å². The summed E-state index contributed by atoms with van der Waals surface area (Å²) >= 11 is 0. The first kappa shape index (κ1) is 14.1. The minimum atomic E-state index is -1.08. The summed E-state index contributed by atoms with van der Waals surface area (Å²) in [5.74, 6) is -2.94. The molecule has 2 rings (SSSR count). The maximum atomic E-state index is 13.7. The third-order valence-corrected chi connectivity index (χ3v) is 3.61. The molecule has 1 aromatic carbocycles. The molecule has 1 aromatic rings. The lowest BCUT2D eigenvalue weighted by molar-refractivity contribution is -0.0712. The third kappa shape index (κ3) is 2.54. The fourth-order valence-corrected chi connectivity index (χ4v) is 2.85. The van der Waals surface area contributed by atoms with E-state index in [1.807, 2.05) is 27.7 Å². The molecular weight excluding hydrogens is 250 g/mol. The normalized spacial score (nSPS) is 24.4. The largest absolute Gasteiger partial charge is 0.369 e. The first-order chi connectivity index (χ1) is 8.64. The topological polar surface area (TPSA) is 26.3 Å². The van der Waals surface area contributed by atoms with Gasteiger partial charge < -0.3 is 4.74 Å². The van der Waals surface area contributed by atoms with Crippen LogP contribution < -0.4 is 0 Å². The van der Waals surface area contributed by atoms with Gasteiger partial charge in [-0.2, -0.15) is 0 Å². The van der Waals surface area contributed by atoms with Gasteiger partial charge in [0.15, 0.2) is 17.4 Å². The van der Waals surface area contributed by atoms with Crippen molar-refractivity contribution in [2.75, 3.05) is 0 Å². The Kier molecular flexibility index (Phi) is 3.25. The Bertz CT molecular complexity index is 521. The molecule has 0 saturated carbocycles. The van der Waals surface area contributed by atoms with Crippen molar-refractivity contribution in [3.05, 3.63) is 35.4 Å². The van der Waals surface area contributed by atoms with E-state index in [-0.39, 0.29) is 5.56 Å². The van der Waals surface area contributed by atoms with Gasteiger partial charge >= 0.3 is 0 Å². The fraction of sp³-hybridized carbons (Fsp3) is 0.533. The molecule has 2 nitrogen and oxygen atoms in total. The summed E-state index contributed by atoms with van der Waals surface area (Å²) in [4.78, 5) is 12.4. The van der Waals surface area contributed by atoms with Gasteiger partial charge in [-0.3, -0.25) is 4.79 Å². The van der Waals surface area contributed by atoms with Crippen LogP contribution in [0, 0.1) is 17.6 Å². The average molecular weight is 268 g/mol. The van der Waals surface area contributed by atoms with Gasteiger partial charge in [-0.05, 0) is 46.2 Å². The zero-order valence-electron chi connectivity index (χ0n) is 11.6. The highest BCUT2D eigenvalue weighted by molar-refractivity contribution is 5.99. The van der Waals surface area contributed by atoms with Crippen LogP contribution in [-0.2, 0) is 4.74 Å². The van der Waals surface area contributed by atoms with Crippen molar-refractivity contribution in [2.45, 2.75) is 45.3 Å². The lowest BCUT2D eigenvalue weighted by atomic mass is 9.81. The van der Waals surface area contributed by atoms with Crippen LogP contribution in [0.1, 0.15) is 44.5 Å². The summed E-state index contributed by atoms with van der Waals surface area (Å²) in [5, 5.41) is 0. The molecular formula is C15H18F2O2. The van der Waals surface area contributed by atoms with Crippen LogP contribution >= 0.6 is 0 Å². The molecule has 1 aliphatic rings. The minimum absolute atomic E-state index is 0.195. The number of Topliss-reactive ketones (excluding diaryl/α,β-unsaturated/α-hetero) is 1. The molecule has 1 heterocycles. The number of ether oxygens (including phenoxy) is 1. The molecule has 0 radical (unpaired) electrons. The molecule has 104 valence electrons. The Morgan fingerprint density at radius 1 is 1.26 bits per heavy atom. The van der Waals surface area contributed by atoms with E-state index in [1.165, 1.54) is 12.1 Å². The number of ketones is 1. The van der Waals surface area contributed by atoms with Gasteiger partial charge in [0.05, 0.1) is 22.7 Å². The second-order valence-electron chi connectivity index (χ2n) is 6.19. The molecule has 0 aromatic heterocycles. The van der Waals surface area contributed by atoms with Gasteiger partial charge in [0.1, 0.15) is 0 Å². The van der Waals surface area contributed by atoms with E-state index in [4.69, 9.17) is 4.74 Å². The van der Waals surface area contributed by atoms with Crippen molar-refractivity contribution in [1.82, 2.24) is 0 Å². The van der Waals surface area contributed by atoms with E-state index in [2.05, 4.69) is 0 Å². The molecule has 1 fully saturated rings. The number of carbonyl (C=O) groups excluding carboxylic acids is 1. The molecule has 0 spiro atoms. The molecule has 1 saturated heterocycles. The molecule has 0 bridgehead atoms. The van der Waals surface area contributed by atoms with Crippen LogP contribution in [0.25, 0.3) is 0 Å². The van der Waals surface area contributed by atoms with E-state index in [0.29, 0.717) is 6.42 Å². The van der Waals surface area contributed by atoms with E-state index < -0.39 is 34.5 Å². The van der Waals surface area contributed by atoms with E-state index in [9.17, 15) is 13.6 Å². The molecule has 4 heteroatoms. The number of halogens is 2. The predicted octanol–water partition coefficient (Wildman–Crippen LogP) is 3.74. The van der Waals surface area contributed by atoms with Gasteiger partial charge in [-0.25, -0.2) is 8.78 Å². The van der Waals surface area contributed by atoms with Crippen LogP contribution in [-0.4, -0.2) is 17.0 Å². The molecule has 1 aliphatic heterocycles. The van der Waals surface area contributed by atoms with Gasteiger partial charge in [0.25, 0.3) is 0 Å². The predicted molar refractivity (Wildman–Crippen MR) is 68.0 cm³/mol. The Hall–Kier alpha value is -1.29. The summed E-state index contributed by atoms with van der Waals surface area (Å²) in [5.41, 5.74) is -1.31. The molecule has 19 heavy (non-hydrogen) atoms. The lowest BCUT2D eigenvalue weighted by Gasteiger charge is -2.26. The van der Waals surface area contributed by atoms with Crippen LogP contribution in [0.15, 0.2) is 18.2 Å². The van der Waals surface area contributed by atoms with Crippen LogP contribution in [0.4, 0.5) is 8.78 Å². The molecule has 0 N–H and O–H groups in total. The van der Waals surface area contributed by atoms with E-state index in [0.717, 1.165) is 6.07 Å². The SMILES string of the molecule is CC1(C)CC(C(=O)c2cccc(F)c2F)C(C)(C)O1. The van der Waals surface area contributed by atoms with Crippen molar-refractivity contribution in [3.8, 4) is 0 Å². The van der Waals surface area contributed by atoms with Crippen molar-refractivity contribution in [2.24, 2.45) is 5.92 Å².